The zero-order chi connectivity index (χ0) is 57.7. The summed E-state index contributed by atoms with van der Waals surface area (Å²) in [6, 6.07) is 0. The first-order valence-corrected chi connectivity index (χ1v) is 34.3. The van der Waals surface area contributed by atoms with E-state index < -0.39 is 6.10 Å². The van der Waals surface area contributed by atoms with Crippen molar-refractivity contribution in [2.45, 2.75) is 336 Å². The van der Waals surface area contributed by atoms with Gasteiger partial charge in [0.25, 0.3) is 0 Å². The van der Waals surface area contributed by atoms with Crippen molar-refractivity contribution in [3.8, 4) is 0 Å². The Balaban J connectivity index is 1.08. The lowest BCUT2D eigenvalue weighted by Crippen LogP contribution is -2.54. The molecule has 0 N–H and O–H groups in total. The number of esters is 4. The molecule has 4 aliphatic rings. The molecule has 0 saturated heterocycles. The van der Waals surface area contributed by atoms with Gasteiger partial charge in [-0.25, -0.2) is 0 Å². The predicted octanol–water partition coefficient (Wildman–Crippen LogP) is 19.6. The number of carbonyl (C=O) groups excluding carboxylic acids is 5. The second-order valence-electron chi connectivity index (χ2n) is 26.7. The zero-order valence-corrected chi connectivity index (χ0v) is 52.6. The van der Waals surface area contributed by atoms with Gasteiger partial charge in [0, 0.05) is 31.6 Å². The Morgan fingerprint density at radius 3 is 1.45 bits per heavy atom. The highest BCUT2D eigenvalue weighted by atomic mass is 16.6. The molecule has 0 amide bonds. The minimum absolute atomic E-state index is 0.0304. The monoisotopic (exact) mass is 1120 g/mol. The minimum atomic E-state index is -0.845. The van der Waals surface area contributed by atoms with Crippen molar-refractivity contribution < 1.29 is 42.9 Å². The van der Waals surface area contributed by atoms with E-state index in [1.54, 1.807) is 0 Å². The van der Waals surface area contributed by atoms with E-state index in [9.17, 15) is 24.0 Å². The summed E-state index contributed by atoms with van der Waals surface area (Å²) in [6.07, 6.45) is 55.7. The van der Waals surface area contributed by atoms with Gasteiger partial charge in [-0.05, 0) is 176 Å². The molecule has 9 heteroatoms. The zero-order valence-electron chi connectivity index (χ0n) is 52.6. The molecule has 0 radical (unpaired) electrons. The van der Waals surface area contributed by atoms with Crippen LogP contribution >= 0.6 is 0 Å². The molecule has 0 aromatic carbocycles. The van der Waals surface area contributed by atoms with Crippen LogP contribution in [0.25, 0.3) is 0 Å². The minimum Gasteiger partial charge on any atom is -0.462 e. The topological polar surface area (TPSA) is 122 Å². The summed E-state index contributed by atoms with van der Waals surface area (Å²) >= 11 is 0. The number of ketones is 1. The normalized spacial score (nSPS) is 25.2. The number of rotatable bonds is 46. The number of ether oxygens (including phenoxy) is 4. The number of unbranched alkanes of at least 4 members (excludes halogenated alkanes) is 25. The van der Waals surface area contributed by atoms with E-state index in [4.69, 9.17) is 18.9 Å². The van der Waals surface area contributed by atoms with Gasteiger partial charge < -0.3 is 18.9 Å². The molecule has 10 atom stereocenters. The summed E-state index contributed by atoms with van der Waals surface area (Å²) in [5.41, 5.74) is 0.501. The molecule has 0 bridgehead atoms. The molecule has 2 unspecified atom stereocenters. The predicted molar refractivity (Wildman–Crippen MR) is 328 cm³/mol. The van der Waals surface area contributed by atoms with Crippen LogP contribution in [0.1, 0.15) is 324 Å². The van der Waals surface area contributed by atoms with E-state index in [2.05, 4.69) is 58.9 Å². The van der Waals surface area contributed by atoms with Crippen molar-refractivity contribution in [3.63, 3.8) is 0 Å². The Morgan fingerprint density at radius 2 is 0.938 bits per heavy atom. The summed E-state index contributed by atoms with van der Waals surface area (Å²) in [7, 11) is 0. The van der Waals surface area contributed by atoms with Crippen molar-refractivity contribution in [1.82, 2.24) is 0 Å². The Hall–Kier alpha value is -2.97. The van der Waals surface area contributed by atoms with E-state index in [1.807, 2.05) is 6.92 Å². The molecule has 0 heterocycles. The fourth-order valence-corrected chi connectivity index (χ4v) is 15.3. The van der Waals surface area contributed by atoms with E-state index in [0.29, 0.717) is 42.3 Å². The molecule has 0 aliphatic heterocycles. The molecule has 4 aliphatic carbocycles. The molecule has 0 aromatic rings. The third kappa shape index (κ3) is 26.7. The van der Waals surface area contributed by atoms with Crippen molar-refractivity contribution in [2.24, 2.45) is 46.3 Å². The molecule has 9 nitrogen and oxygen atoms in total. The van der Waals surface area contributed by atoms with Crippen LogP contribution in [0.4, 0.5) is 0 Å². The van der Waals surface area contributed by atoms with Crippen LogP contribution in [-0.4, -0.2) is 55.1 Å². The average Bonchev–Trinajstić information content (AvgIpc) is 3.81. The highest BCUT2D eigenvalue weighted by Gasteiger charge is 2.61. The lowest BCUT2D eigenvalue weighted by atomic mass is 9.44. The maximum atomic E-state index is 13.3. The molecule has 0 aromatic heterocycles. The van der Waals surface area contributed by atoms with Gasteiger partial charge >= 0.3 is 23.9 Å². The number of fused-ring (bicyclic) bond motifs is 5. The Bertz CT molecular complexity index is 1710. The van der Waals surface area contributed by atoms with E-state index in [1.165, 1.54) is 135 Å². The number of hydrogen-bond acceptors (Lipinski definition) is 9. The van der Waals surface area contributed by atoms with E-state index in [-0.39, 0.29) is 66.9 Å². The molecular weight excluding hydrogens is 997 g/mol. The highest BCUT2D eigenvalue weighted by molar-refractivity contribution is 5.79. The Kier molecular flexibility index (Phi) is 35.7. The van der Waals surface area contributed by atoms with Gasteiger partial charge in [0.2, 0.25) is 0 Å². The summed E-state index contributed by atoms with van der Waals surface area (Å²) in [6.45, 7) is 13.1. The summed E-state index contributed by atoms with van der Waals surface area (Å²) in [5.74, 6) is 2.45. The van der Waals surface area contributed by atoms with Crippen LogP contribution in [0.5, 0.6) is 0 Å². The van der Waals surface area contributed by atoms with Crippen LogP contribution in [0, 0.1) is 46.3 Å². The fraction of sp³-hybridized carbons (Fsp3) is 0.873. The van der Waals surface area contributed by atoms with Crippen molar-refractivity contribution >= 4 is 29.7 Å². The number of hydrogen-bond donors (Lipinski definition) is 0. The van der Waals surface area contributed by atoms with Gasteiger partial charge in [0.15, 0.2) is 6.10 Å². The van der Waals surface area contributed by atoms with Crippen LogP contribution in [0.3, 0.4) is 0 Å². The molecule has 4 fully saturated rings. The smallest absolute Gasteiger partial charge is 0.306 e. The van der Waals surface area contributed by atoms with E-state index >= 15 is 0 Å². The third-order valence-electron chi connectivity index (χ3n) is 20.2. The maximum Gasteiger partial charge on any atom is 0.306 e. The average molecular weight is 1120 g/mol. The van der Waals surface area contributed by atoms with Crippen molar-refractivity contribution in [2.75, 3.05) is 13.2 Å². The molecule has 4 rings (SSSR count). The fourth-order valence-electron chi connectivity index (χ4n) is 15.3. The van der Waals surface area contributed by atoms with Gasteiger partial charge in [0.1, 0.15) is 25.1 Å². The number of carbonyl (C=O) groups is 5. The van der Waals surface area contributed by atoms with Crippen LogP contribution in [0.15, 0.2) is 24.3 Å². The first kappa shape index (κ1) is 69.5. The summed E-state index contributed by atoms with van der Waals surface area (Å²) in [4.78, 5) is 64.5. The molecule has 460 valence electrons. The number of allylic oxidation sites excluding steroid dienone is 4. The molecule has 4 saturated carbocycles. The first-order chi connectivity index (χ1) is 38.8. The Labute approximate surface area is 490 Å². The maximum absolute atomic E-state index is 13.3. The summed E-state index contributed by atoms with van der Waals surface area (Å²) < 4.78 is 23.2. The van der Waals surface area contributed by atoms with Crippen LogP contribution in [-0.2, 0) is 42.9 Å². The highest BCUT2D eigenvalue weighted by Crippen LogP contribution is 2.67. The standard InChI is InChI=1S/C71H122O9/c1-7-9-11-13-15-17-19-21-23-25-27-29-31-33-38-42-66(73)77-55-61(56-78-67(74)43-39-34-32-30-28-26-24-22-20-18-16-14-12-10-8-2)80-69(76)53-57(3)41-37-35-36-40-44-68(75)79-60-49-51-70(5)59(54-60)45-46-62-64-48-47-63(58(4)72)71(64,6)52-50-65(62)70/h21-24,57,59-65H,7-20,25-56H2,1-6H3/b23-21-,24-22?/t57?,59-,60-,61?,62-,63+,64-,65-,70-,71+/m0/s1. The van der Waals surface area contributed by atoms with Gasteiger partial charge in [-0.3, -0.25) is 24.0 Å². The summed E-state index contributed by atoms with van der Waals surface area (Å²) in [5, 5.41) is 0. The lowest BCUT2D eigenvalue weighted by molar-refractivity contribution is -0.167. The Morgan fingerprint density at radius 1 is 0.487 bits per heavy atom. The van der Waals surface area contributed by atoms with Crippen molar-refractivity contribution in [1.29, 1.82) is 0 Å². The second kappa shape index (κ2) is 41.1. The van der Waals surface area contributed by atoms with E-state index in [0.717, 1.165) is 134 Å². The largest absolute Gasteiger partial charge is 0.462 e. The van der Waals surface area contributed by atoms with Crippen LogP contribution < -0.4 is 0 Å². The molecule has 80 heavy (non-hydrogen) atoms. The quantitative estimate of drug-likeness (QED) is 0.0254. The van der Waals surface area contributed by atoms with Crippen LogP contribution in [0.2, 0.25) is 0 Å². The van der Waals surface area contributed by atoms with Gasteiger partial charge in [0.05, 0.1) is 0 Å². The second-order valence-corrected chi connectivity index (χ2v) is 26.7. The van der Waals surface area contributed by atoms with Gasteiger partial charge in [-0.1, -0.05) is 187 Å². The SMILES string of the molecule is CCCCCCCCC=CCCCCCCCC(=O)OCC(COC(=O)CCCCCCC/C=C\CCCCCCCC)OC(=O)CC(C)CCCCCCC(=O)O[C@H]1CC[C@@]2(C)[C@@H](CC[C@@H]3[C@@H]2CC[C@]2(C)[C@@H](C(C)=O)CC[C@@H]32)C1. The van der Waals surface area contributed by atoms with Gasteiger partial charge in [-0.15, -0.1) is 0 Å². The van der Waals surface area contributed by atoms with Gasteiger partial charge in [-0.2, -0.15) is 0 Å². The number of Topliss-reactive ketones (excluding diaryl/α,β-unsaturated/α-hetero) is 1. The first-order valence-electron chi connectivity index (χ1n) is 34.3. The molecular formula is C71H122O9. The lowest BCUT2D eigenvalue weighted by Gasteiger charge is -2.61. The van der Waals surface area contributed by atoms with Crippen molar-refractivity contribution in [3.05, 3.63) is 24.3 Å². The third-order valence-corrected chi connectivity index (χ3v) is 20.2. The molecule has 0 spiro atoms.